The molecule has 0 bridgehead atoms. The second-order valence-electron chi connectivity index (χ2n) is 7.54. The van der Waals surface area contributed by atoms with Crippen molar-refractivity contribution in [3.05, 3.63) is 54.6 Å². The van der Waals surface area contributed by atoms with Crippen LogP contribution in [0.1, 0.15) is 13.8 Å². The molecule has 2 aromatic carbocycles. The molecule has 4 rings (SSSR count). The minimum atomic E-state index is -1.75. The average Bonchev–Trinajstić information content (AvgIpc) is 3.00. The second kappa shape index (κ2) is 6.89. The van der Waals surface area contributed by atoms with E-state index in [0.29, 0.717) is 0 Å². The van der Waals surface area contributed by atoms with E-state index in [2.05, 4.69) is 17.4 Å². The van der Waals surface area contributed by atoms with Gasteiger partial charge in [-0.15, -0.1) is 0 Å². The first-order valence-corrected chi connectivity index (χ1v) is 9.16. The van der Waals surface area contributed by atoms with E-state index in [1.54, 1.807) is 13.8 Å². The summed E-state index contributed by atoms with van der Waals surface area (Å²) < 4.78 is 17.0. The fourth-order valence-corrected chi connectivity index (χ4v) is 3.62. The van der Waals surface area contributed by atoms with Crippen LogP contribution in [0.25, 0.3) is 11.1 Å². The van der Waals surface area contributed by atoms with Crippen molar-refractivity contribution in [2.45, 2.75) is 43.7 Å². The number of anilines is 1. The number of benzene rings is 2. The molecule has 2 aliphatic heterocycles. The Kier molecular flexibility index (Phi) is 4.70. The third-order valence-corrected chi connectivity index (χ3v) is 5.03. The summed E-state index contributed by atoms with van der Waals surface area (Å²) >= 11 is 0. The lowest BCUT2D eigenvalue weighted by Crippen LogP contribution is -2.62. The molecule has 2 aliphatic rings. The lowest BCUT2D eigenvalue weighted by atomic mass is 9.96. The van der Waals surface area contributed by atoms with Crippen molar-refractivity contribution in [1.29, 1.82) is 0 Å². The molecule has 0 amide bonds. The standard InChI is InChI=1S/C21H25NO5/c1-20(2)26-17-12-25-21(24,19(23)18(17)27-20)13-22-16-10-8-15(9-11-16)14-6-4-3-5-7-14/h3-11,17-19,22-24H,12-13H2,1-2H3/t17-,18-,19+,21-/m1/s1. The lowest BCUT2D eigenvalue weighted by Gasteiger charge is -2.41. The van der Waals surface area contributed by atoms with E-state index in [0.717, 1.165) is 16.8 Å². The molecule has 0 unspecified atom stereocenters. The van der Waals surface area contributed by atoms with Crippen LogP contribution in [0.4, 0.5) is 5.69 Å². The first kappa shape index (κ1) is 18.4. The molecule has 3 N–H and O–H groups in total. The number of ether oxygens (including phenoxy) is 3. The summed E-state index contributed by atoms with van der Waals surface area (Å²) in [6, 6.07) is 18.0. The van der Waals surface area contributed by atoms with Crippen LogP contribution in [0.2, 0.25) is 0 Å². The van der Waals surface area contributed by atoms with Gasteiger partial charge in [0.2, 0.25) is 5.79 Å². The number of aliphatic hydroxyl groups is 2. The van der Waals surface area contributed by atoms with Gasteiger partial charge in [-0.2, -0.15) is 0 Å². The minimum Gasteiger partial charge on any atom is -0.385 e. The van der Waals surface area contributed by atoms with E-state index in [-0.39, 0.29) is 19.3 Å². The first-order chi connectivity index (χ1) is 12.9. The molecule has 0 spiro atoms. The number of rotatable bonds is 4. The molecule has 27 heavy (non-hydrogen) atoms. The molecular formula is C21H25NO5. The molecule has 0 aromatic heterocycles. The Labute approximate surface area is 158 Å². The van der Waals surface area contributed by atoms with Crippen LogP contribution in [0.3, 0.4) is 0 Å². The monoisotopic (exact) mass is 371 g/mol. The predicted molar refractivity (Wildman–Crippen MR) is 101 cm³/mol. The Hall–Kier alpha value is -1.96. The van der Waals surface area contributed by atoms with Crippen LogP contribution in [0.5, 0.6) is 0 Å². The maximum Gasteiger partial charge on any atom is 0.212 e. The molecule has 4 atom stereocenters. The number of nitrogens with one attached hydrogen (secondary N) is 1. The molecule has 6 heteroatoms. The molecule has 6 nitrogen and oxygen atoms in total. The molecule has 2 aromatic rings. The number of aliphatic hydroxyl groups excluding tert-OH is 1. The van der Waals surface area contributed by atoms with Crippen molar-refractivity contribution >= 4 is 5.69 Å². The van der Waals surface area contributed by atoms with Gasteiger partial charge in [-0.25, -0.2) is 0 Å². The largest absolute Gasteiger partial charge is 0.385 e. The van der Waals surface area contributed by atoms with Gasteiger partial charge in [0.05, 0.1) is 13.2 Å². The van der Waals surface area contributed by atoms with Gasteiger partial charge in [-0.3, -0.25) is 0 Å². The molecule has 144 valence electrons. The Morgan fingerprint density at radius 3 is 2.37 bits per heavy atom. The van der Waals surface area contributed by atoms with Gasteiger partial charge in [0.1, 0.15) is 18.3 Å². The highest BCUT2D eigenvalue weighted by Crippen LogP contribution is 2.37. The molecule has 2 saturated heterocycles. The van der Waals surface area contributed by atoms with Crippen molar-refractivity contribution in [2.24, 2.45) is 0 Å². The van der Waals surface area contributed by atoms with E-state index in [9.17, 15) is 10.2 Å². The van der Waals surface area contributed by atoms with Gasteiger partial charge in [-0.1, -0.05) is 42.5 Å². The third kappa shape index (κ3) is 3.72. The van der Waals surface area contributed by atoms with E-state index >= 15 is 0 Å². The van der Waals surface area contributed by atoms with Crippen molar-refractivity contribution in [3.63, 3.8) is 0 Å². The van der Waals surface area contributed by atoms with Crippen LogP contribution in [-0.2, 0) is 14.2 Å². The highest BCUT2D eigenvalue weighted by molar-refractivity contribution is 5.65. The Morgan fingerprint density at radius 1 is 1.00 bits per heavy atom. The van der Waals surface area contributed by atoms with Crippen molar-refractivity contribution < 1.29 is 24.4 Å². The van der Waals surface area contributed by atoms with Crippen LogP contribution >= 0.6 is 0 Å². The summed E-state index contributed by atoms with van der Waals surface area (Å²) in [5.74, 6) is -2.55. The topological polar surface area (TPSA) is 80.2 Å². The lowest BCUT2D eigenvalue weighted by molar-refractivity contribution is -0.298. The zero-order valence-corrected chi connectivity index (χ0v) is 15.5. The van der Waals surface area contributed by atoms with Gasteiger partial charge in [0, 0.05) is 5.69 Å². The van der Waals surface area contributed by atoms with E-state index < -0.39 is 23.8 Å². The summed E-state index contributed by atoms with van der Waals surface area (Å²) in [5.41, 5.74) is 3.07. The Balaban J connectivity index is 1.41. The van der Waals surface area contributed by atoms with Gasteiger partial charge < -0.3 is 29.7 Å². The SMILES string of the molecule is CC1(C)O[C@@H]2[C@@H](CO[C@](O)(CNc3ccc(-c4ccccc4)cc3)[C@H]2O)O1. The summed E-state index contributed by atoms with van der Waals surface area (Å²) in [7, 11) is 0. The van der Waals surface area contributed by atoms with Crippen LogP contribution in [0, 0.1) is 0 Å². The summed E-state index contributed by atoms with van der Waals surface area (Å²) in [5, 5.41) is 24.5. The van der Waals surface area contributed by atoms with Crippen LogP contribution < -0.4 is 5.32 Å². The van der Waals surface area contributed by atoms with E-state index in [1.807, 2.05) is 42.5 Å². The van der Waals surface area contributed by atoms with E-state index in [1.165, 1.54) is 0 Å². The quantitative estimate of drug-likeness (QED) is 0.766. The van der Waals surface area contributed by atoms with Gasteiger partial charge >= 0.3 is 0 Å². The zero-order chi connectivity index (χ0) is 19.1. The maximum absolute atomic E-state index is 10.8. The molecular weight excluding hydrogens is 346 g/mol. The fourth-order valence-electron chi connectivity index (χ4n) is 3.62. The summed E-state index contributed by atoms with van der Waals surface area (Å²) in [4.78, 5) is 0. The molecule has 0 aliphatic carbocycles. The molecule has 0 radical (unpaired) electrons. The number of hydrogen-bond donors (Lipinski definition) is 3. The highest BCUT2D eigenvalue weighted by atomic mass is 16.8. The van der Waals surface area contributed by atoms with Gasteiger partial charge in [-0.05, 0) is 37.1 Å². The van der Waals surface area contributed by atoms with Crippen molar-refractivity contribution in [2.75, 3.05) is 18.5 Å². The molecule has 2 fully saturated rings. The second-order valence-corrected chi connectivity index (χ2v) is 7.54. The van der Waals surface area contributed by atoms with Gasteiger partial charge in [0.25, 0.3) is 0 Å². The number of hydrogen-bond acceptors (Lipinski definition) is 6. The zero-order valence-electron chi connectivity index (χ0n) is 15.5. The van der Waals surface area contributed by atoms with Gasteiger partial charge in [0.15, 0.2) is 5.79 Å². The van der Waals surface area contributed by atoms with E-state index in [4.69, 9.17) is 14.2 Å². The van der Waals surface area contributed by atoms with Crippen molar-refractivity contribution in [1.82, 2.24) is 0 Å². The minimum absolute atomic E-state index is 0.0336. The molecule has 2 heterocycles. The summed E-state index contributed by atoms with van der Waals surface area (Å²) in [6.45, 7) is 3.76. The van der Waals surface area contributed by atoms with Crippen LogP contribution in [0.15, 0.2) is 54.6 Å². The Morgan fingerprint density at radius 2 is 1.67 bits per heavy atom. The highest BCUT2D eigenvalue weighted by Gasteiger charge is 2.56. The van der Waals surface area contributed by atoms with Crippen LogP contribution in [-0.4, -0.2) is 53.3 Å². The van der Waals surface area contributed by atoms with Crippen molar-refractivity contribution in [3.8, 4) is 11.1 Å². The molecule has 0 saturated carbocycles. The average molecular weight is 371 g/mol. The normalized spacial score (nSPS) is 32.1. The fraction of sp³-hybridized carbons (Fsp3) is 0.429. The third-order valence-electron chi connectivity index (χ3n) is 5.03. The maximum atomic E-state index is 10.8. The number of fused-ring (bicyclic) bond motifs is 1. The first-order valence-electron chi connectivity index (χ1n) is 9.16. The Bertz CT molecular complexity index is 779. The predicted octanol–water partition coefficient (Wildman–Crippen LogP) is 2.37. The smallest absolute Gasteiger partial charge is 0.212 e. The summed E-state index contributed by atoms with van der Waals surface area (Å²) in [6.07, 6.45) is -2.23.